The molecule has 1 saturated heterocycles. The zero-order chi connectivity index (χ0) is 18.3. The number of rotatable bonds is 4. The molecule has 0 bridgehead atoms. The second-order valence-electron chi connectivity index (χ2n) is 8.23. The van der Waals surface area contributed by atoms with Crippen molar-refractivity contribution in [3.63, 3.8) is 0 Å². The van der Waals surface area contributed by atoms with Gasteiger partial charge in [-0.1, -0.05) is 23.8 Å². The molecule has 4 rings (SSSR count). The van der Waals surface area contributed by atoms with Gasteiger partial charge in [0.05, 0.1) is 12.5 Å². The van der Waals surface area contributed by atoms with Crippen LogP contribution < -0.4 is 5.32 Å². The van der Waals surface area contributed by atoms with Crippen molar-refractivity contribution in [2.45, 2.75) is 56.9 Å². The van der Waals surface area contributed by atoms with E-state index in [0.29, 0.717) is 31.5 Å². The number of hydrogen-bond donors (Lipinski definition) is 1. The van der Waals surface area contributed by atoms with Crippen molar-refractivity contribution in [3.8, 4) is 0 Å². The molecule has 1 atom stereocenters. The minimum Gasteiger partial charge on any atom is -0.450 e. The Labute approximate surface area is 155 Å². The first-order valence-electron chi connectivity index (χ1n) is 9.80. The minimum absolute atomic E-state index is 0.127. The van der Waals surface area contributed by atoms with Crippen molar-refractivity contribution in [1.29, 1.82) is 0 Å². The summed E-state index contributed by atoms with van der Waals surface area (Å²) in [5.74, 6) is 1.29. The maximum Gasteiger partial charge on any atom is 0.407 e. The van der Waals surface area contributed by atoms with Crippen LogP contribution in [0.5, 0.6) is 0 Å². The van der Waals surface area contributed by atoms with Gasteiger partial charge in [-0.15, -0.1) is 0 Å². The fourth-order valence-corrected chi connectivity index (χ4v) is 4.24. The highest BCUT2D eigenvalue weighted by molar-refractivity contribution is 5.80. The molecule has 0 spiro atoms. The third-order valence-electron chi connectivity index (χ3n) is 6.19. The first-order chi connectivity index (χ1) is 12.5. The molecule has 26 heavy (non-hydrogen) atoms. The summed E-state index contributed by atoms with van der Waals surface area (Å²) in [6.45, 7) is 2.88. The number of carbonyl (C=O) groups is 2. The van der Waals surface area contributed by atoms with Gasteiger partial charge in [-0.2, -0.15) is 0 Å². The third-order valence-corrected chi connectivity index (χ3v) is 6.19. The lowest BCUT2D eigenvalue weighted by atomic mass is 9.74. The van der Waals surface area contributed by atoms with E-state index in [4.69, 9.17) is 4.74 Å². The molecule has 140 valence electrons. The second kappa shape index (κ2) is 6.93. The van der Waals surface area contributed by atoms with Gasteiger partial charge in [-0.3, -0.25) is 4.79 Å². The summed E-state index contributed by atoms with van der Waals surface area (Å²) in [4.78, 5) is 25.9. The molecule has 0 unspecified atom stereocenters. The van der Waals surface area contributed by atoms with Crippen molar-refractivity contribution < 1.29 is 14.3 Å². The molecule has 0 aromatic heterocycles. The highest BCUT2D eigenvalue weighted by Gasteiger charge is 2.38. The molecule has 1 aliphatic heterocycles. The molecular formula is C21H28N2O3. The number of aryl methyl sites for hydroxylation is 1. The lowest BCUT2D eigenvalue weighted by Crippen LogP contribution is -2.48. The third kappa shape index (κ3) is 3.57. The van der Waals surface area contributed by atoms with E-state index in [0.717, 1.165) is 18.8 Å². The quantitative estimate of drug-likeness (QED) is 0.900. The van der Waals surface area contributed by atoms with Crippen LogP contribution >= 0.6 is 0 Å². The number of alkyl carbamates (subject to hydrolysis) is 1. The summed E-state index contributed by atoms with van der Waals surface area (Å²) in [5, 5.41) is 2.66. The molecule has 5 nitrogen and oxygen atoms in total. The van der Waals surface area contributed by atoms with Gasteiger partial charge in [-0.25, -0.2) is 4.79 Å². The number of nitrogens with one attached hydrogen (secondary N) is 1. The Balaban J connectivity index is 1.35. The van der Waals surface area contributed by atoms with E-state index >= 15 is 0 Å². The van der Waals surface area contributed by atoms with E-state index in [1.807, 2.05) is 11.9 Å². The van der Waals surface area contributed by atoms with Crippen LogP contribution in [-0.4, -0.2) is 43.1 Å². The SMILES string of the molecule is Cc1cc(C2CC2)cc(C2CC(N(C)C(=O)[C@@H]3CCOC(=O)NC3)C2)c1. The van der Waals surface area contributed by atoms with E-state index in [1.165, 1.54) is 29.5 Å². The molecular weight excluding hydrogens is 328 g/mol. The van der Waals surface area contributed by atoms with Gasteiger partial charge in [0.15, 0.2) is 0 Å². The molecule has 5 heteroatoms. The minimum atomic E-state index is -0.419. The Hall–Kier alpha value is -2.04. The van der Waals surface area contributed by atoms with Crippen LogP contribution in [0, 0.1) is 12.8 Å². The predicted molar refractivity (Wildman–Crippen MR) is 99.1 cm³/mol. The van der Waals surface area contributed by atoms with Gasteiger partial charge < -0.3 is 15.0 Å². The standard InChI is InChI=1S/C21H28N2O3/c1-13-7-16(14-3-4-14)9-17(8-13)18-10-19(11-18)23(2)20(24)15-5-6-26-21(25)22-12-15/h7-9,14-15,18-19H,3-6,10-12H2,1-2H3,(H,22,25)/t15-,18?,19?/m1/s1. The summed E-state index contributed by atoms with van der Waals surface area (Å²) in [7, 11) is 1.91. The normalized spacial score (nSPS) is 28.4. The predicted octanol–water partition coefficient (Wildman–Crippen LogP) is 3.32. The zero-order valence-corrected chi connectivity index (χ0v) is 15.7. The second-order valence-corrected chi connectivity index (χ2v) is 8.23. The summed E-state index contributed by atoms with van der Waals surface area (Å²) in [6.07, 6.45) is 4.90. The Morgan fingerprint density at radius 1 is 1.12 bits per heavy atom. The Kier molecular flexibility index (Phi) is 4.63. The average molecular weight is 356 g/mol. The van der Waals surface area contributed by atoms with Crippen LogP contribution in [0.15, 0.2) is 18.2 Å². The largest absolute Gasteiger partial charge is 0.450 e. The summed E-state index contributed by atoms with van der Waals surface area (Å²) in [5.41, 5.74) is 4.30. The molecule has 2 amide bonds. The van der Waals surface area contributed by atoms with Gasteiger partial charge >= 0.3 is 6.09 Å². The maximum atomic E-state index is 12.8. The number of amides is 2. The highest BCUT2D eigenvalue weighted by Crippen LogP contribution is 2.44. The molecule has 2 saturated carbocycles. The number of carbonyl (C=O) groups excluding carboxylic acids is 2. The van der Waals surface area contributed by atoms with E-state index in [1.54, 1.807) is 0 Å². The lowest BCUT2D eigenvalue weighted by molar-refractivity contribution is -0.138. The van der Waals surface area contributed by atoms with Crippen molar-refractivity contribution in [1.82, 2.24) is 10.2 Å². The molecule has 3 aliphatic rings. The monoisotopic (exact) mass is 356 g/mol. The van der Waals surface area contributed by atoms with E-state index in [2.05, 4.69) is 30.4 Å². The average Bonchev–Trinajstić information content (AvgIpc) is 3.40. The van der Waals surface area contributed by atoms with Crippen molar-refractivity contribution in [2.24, 2.45) is 5.92 Å². The van der Waals surface area contributed by atoms with Crippen LogP contribution in [0.25, 0.3) is 0 Å². The molecule has 1 heterocycles. The number of nitrogens with zero attached hydrogens (tertiary/aromatic N) is 1. The van der Waals surface area contributed by atoms with Crippen LogP contribution in [-0.2, 0) is 9.53 Å². The first kappa shape index (κ1) is 17.4. The Morgan fingerprint density at radius 3 is 2.50 bits per heavy atom. The molecule has 0 radical (unpaired) electrons. The summed E-state index contributed by atoms with van der Waals surface area (Å²) < 4.78 is 4.96. The van der Waals surface area contributed by atoms with E-state index in [9.17, 15) is 9.59 Å². The Bertz CT molecular complexity index is 707. The fraction of sp³-hybridized carbons (Fsp3) is 0.619. The lowest BCUT2D eigenvalue weighted by Gasteiger charge is -2.42. The van der Waals surface area contributed by atoms with Crippen molar-refractivity contribution >= 4 is 12.0 Å². The van der Waals surface area contributed by atoms with Gasteiger partial charge in [0.1, 0.15) is 0 Å². The zero-order valence-electron chi connectivity index (χ0n) is 15.7. The maximum absolute atomic E-state index is 12.8. The molecule has 1 aromatic carbocycles. The van der Waals surface area contributed by atoms with E-state index < -0.39 is 6.09 Å². The number of hydrogen-bond acceptors (Lipinski definition) is 3. The van der Waals surface area contributed by atoms with Crippen molar-refractivity contribution in [2.75, 3.05) is 20.2 Å². The van der Waals surface area contributed by atoms with Crippen LogP contribution in [0.1, 0.15) is 60.6 Å². The topological polar surface area (TPSA) is 58.6 Å². The van der Waals surface area contributed by atoms with E-state index in [-0.39, 0.29) is 11.8 Å². The van der Waals surface area contributed by atoms with Gasteiger partial charge in [0, 0.05) is 19.6 Å². The number of cyclic esters (lactones) is 1. The number of ether oxygens (including phenoxy) is 1. The molecule has 1 N–H and O–H groups in total. The van der Waals surface area contributed by atoms with Gasteiger partial charge in [0.25, 0.3) is 0 Å². The smallest absolute Gasteiger partial charge is 0.407 e. The van der Waals surface area contributed by atoms with Crippen LogP contribution in [0.4, 0.5) is 4.79 Å². The fourth-order valence-electron chi connectivity index (χ4n) is 4.24. The molecule has 3 fully saturated rings. The highest BCUT2D eigenvalue weighted by atomic mass is 16.5. The molecule has 1 aromatic rings. The van der Waals surface area contributed by atoms with Crippen LogP contribution in [0.2, 0.25) is 0 Å². The van der Waals surface area contributed by atoms with Crippen molar-refractivity contribution in [3.05, 3.63) is 34.9 Å². The molecule has 2 aliphatic carbocycles. The summed E-state index contributed by atoms with van der Waals surface area (Å²) in [6, 6.07) is 7.34. The van der Waals surface area contributed by atoms with Gasteiger partial charge in [0.2, 0.25) is 5.91 Å². The van der Waals surface area contributed by atoms with Crippen LogP contribution in [0.3, 0.4) is 0 Å². The first-order valence-corrected chi connectivity index (χ1v) is 9.80. The van der Waals surface area contributed by atoms with Gasteiger partial charge in [-0.05, 0) is 62.0 Å². The number of benzene rings is 1. The summed E-state index contributed by atoms with van der Waals surface area (Å²) >= 11 is 0. The Morgan fingerprint density at radius 2 is 1.81 bits per heavy atom.